The molecule has 7 heteroatoms. The highest BCUT2D eigenvalue weighted by Crippen LogP contribution is 2.27. The van der Waals surface area contributed by atoms with Crippen LogP contribution in [0.3, 0.4) is 0 Å². The van der Waals surface area contributed by atoms with Gasteiger partial charge in [0.1, 0.15) is 4.67 Å². The van der Waals surface area contributed by atoms with Crippen molar-refractivity contribution in [3.63, 3.8) is 0 Å². The number of carbonyl (C=O) groups excluding carboxylic acids is 3. The predicted molar refractivity (Wildman–Crippen MR) is 93.6 cm³/mol. The Kier molecular flexibility index (Phi) is 4.50. The molecule has 1 atom stereocenters. The number of Topliss-reactive ketones (excluding diaryl/α,β-unsaturated/α-hetero) is 1. The summed E-state index contributed by atoms with van der Waals surface area (Å²) in [5.74, 6) is -2.68. The van der Waals surface area contributed by atoms with Gasteiger partial charge in [0.05, 0.1) is 17.2 Å². The third kappa shape index (κ3) is 2.87. The summed E-state index contributed by atoms with van der Waals surface area (Å²) in [4.78, 5) is 41.1. The van der Waals surface area contributed by atoms with Crippen LogP contribution >= 0.6 is 11.3 Å². The molecule has 1 unspecified atom stereocenters. The van der Waals surface area contributed by atoms with Gasteiger partial charge < -0.3 is 10.5 Å². The lowest BCUT2D eigenvalue weighted by atomic mass is 9.88. The third-order valence-corrected chi connectivity index (χ3v) is 5.07. The van der Waals surface area contributed by atoms with Gasteiger partial charge in [0.15, 0.2) is 11.7 Å². The fraction of sp³-hybridized carbons (Fsp3) is 0.222. The molecule has 0 fully saturated rings. The van der Waals surface area contributed by atoms with E-state index in [4.69, 9.17) is 10.5 Å². The van der Waals surface area contributed by atoms with Crippen molar-refractivity contribution >= 4 is 40.3 Å². The van der Waals surface area contributed by atoms with Gasteiger partial charge in [0.2, 0.25) is 0 Å². The van der Waals surface area contributed by atoms with E-state index in [2.05, 4.69) is 4.99 Å². The van der Waals surface area contributed by atoms with Crippen LogP contribution in [0.4, 0.5) is 5.69 Å². The first-order valence-corrected chi connectivity index (χ1v) is 8.55. The molecular weight excluding hydrogens is 340 g/mol. The van der Waals surface area contributed by atoms with Crippen molar-refractivity contribution in [2.45, 2.75) is 13.8 Å². The lowest BCUT2D eigenvalue weighted by Crippen LogP contribution is -2.40. The zero-order valence-corrected chi connectivity index (χ0v) is 14.6. The number of anilines is 1. The Morgan fingerprint density at radius 2 is 1.96 bits per heavy atom. The van der Waals surface area contributed by atoms with Crippen LogP contribution in [0.1, 0.15) is 29.1 Å². The average molecular weight is 356 g/mol. The molecule has 0 saturated heterocycles. The van der Waals surface area contributed by atoms with Crippen molar-refractivity contribution in [2.75, 3.05) is 12.3 Å². The largest absolute Gasteiger partial charge is 0.465 e. The highest BCUT2D eigenvalue weighted by Gasteiger charge is 2.37. The van der Waals surface area contributed by atoms with Gasteiger partial charge in [-0.25, -0.2) is 4.99 Å². The van der Waals surface area contributed by atoms with E-state index in [0.29, 0.717) is 25.9 Å². The number of fused-ring (bicyclic) bond motifs is 1. The Morgan fingerprint density at radius 3 is 2.56 bits per heavy atom. The molecule has 128 valence electrons. The van der Waals surface area contributed by atoms with Gasteiger partial charge in [-0.3, -0.25) is 14.4 Å². The van der Waals surface area contributed by atoms with Crippen LogP contribution in [0.5, 0.6) is 0 Å². The number of esters is 1. The smallest absolute Gasteiger partial charge is 0.323 e. The average Bonchev–Trinajstić information content (AvgIpc) is 2.91. The van der Waals surface area contributed by atoms with Crippen LogP contribution in [0.25, 0.3) is 5.57 Å². The minimum Gasteiger partial charge on any atom is -0.465 e. The van der Waals surface area contributed by atoms with Gasteiger partial charge in [-0.15, -0.1) is 11.3 Å². The van der Waals surface area contributed by atoms with Gasteiger partial charge in [-0.1, -0.05) is 30.3 Å². The van der Waals surface area contributed by atoms with Gasteiger partial charge in [-0.05, 0) is 18.1 Å². The fourth-order valence-corrected chi connectivity index (χ4v) is 3.84. The van der Waals surface area contributed by atoms with E-state index in [9.17, 15) is 14.4 Å². The Morgan fingerprint density at radius 1 is 1.28 bits per heavy atom. The molecule has 0 radical (unpaired) electrons. The number of ether oxygens (including phenoxy) is 1. The summed E-state index contributed by atoms with van der Waals surface area (Å²) in [5, 5.41) is 0.471. The highest BCUT2D eigenvalue weighted by atomic mass is 32.1. The van der Waals surface area contributed by atoms with Crippen molar-refractivity contribution < 1.29 is 19.1 Å². The maximum Gasteiger partial charge on any atom is 0.323 e. The monoisotopic (exact) mass is 356 g/mol. The van der Waals surface area contributed by atoms with E-state index < -0.39 is 17.8 Å². The molecular formula is C18H16N2O4S. The first kappa shape index (κ1) is 17.0. The topological polar surface area (TPSA) is 98.8 Å². The molecule has 2 aromatic rings. The second kappa shape index (κ2) is 6.60. The summed E-state index contributed by atoms with van der Waals surface area (Å²) in [7, 11) is 0. The number of nitrogens with two attached hydrogens (primary N) is 1. The summed E-state index contributed by atoms with van der Waals surface area (Å²) >= 11 is 1.06. The summed E-state index contributed by atoms with van der Waals surface area (Å²) < 4.78 is 5.42. The van der Waals surface area contributed by atoms with Gasteiger partial charge in [0.25, 0.3) is 5.91 Å². The molecule has 2 heterocycles. The third-order valence-electron chi connectivity index (χ3n) is 3.87. The SMILES string of the molecule is CCOC(=O)C1C(=O)N=c2sc(C(C)=O)c(N)c2=C1c1ccccc1. The first-order valence-electron chi connectivity index (χ1n) is 7.73. The highest BCUT2D eigenvalue weighted by molar-refractivity contribution is 7.12. The molecule has 1 amide bonds. The normalized spacial score (nSPS) is 16.2. The first-order chi connectivity index (χ1) is 12.0. The van der Waals surface area contributed by atoms with Crippen LogP contribution in [0, 0.1) is 5.92 Å². The maximum absolute atomic E-state index is 12.5. The number of carbonyl (C=O) groups is 3. The Bertz CT molecular complexity index is 992. The second-order valence-electron chi connectivity index (χ2n) is 5.50. The lowest BCUT2D eigenvalue weighted by molar-refractivity contribution is -0.148. The summed E-state index contributed by atoms with van der Waals surface area (Å²) in [5.41, 5.74) is 7.54. The Hall–Kier alpha value is -2.80. The van der Waals surface area contributed by atoms with Crippen molar-refractivity contribution in [1.82, 2.24) is 0 Å². The van der Waals surface area contributed by atoms with Crippen LogP contribution in [-0.2, 0) is 14.3 Å². The molecule has 1 aromatic carbocycles. The molecule has 0 spiro atoms. The van der Waals surface area contributed by atoms with Crippen LogP contribution in [0.2, 0.25) is 0 Å². The summed E-state index contributed by atoms with van der Waals surface area (Å²) in [6.45, 7) is 3.22. The molecule has 1 aromatic heterocycles. The molecule has 0 saturated carbocycles. The number of nitrogen functional groups attached to an aromatic ring is 1. The number of rotatable bonds is 4. The number of thiophene rings is 1. The molecule has 0 bridgehead atoms. The predicted octanol–water partition coefficient (Wildman–Crippen LogP) is 1.07. The van der Waals surface area contributed by atoms with Crippen molar-refractivity contribution in [1.29, 1.82) is 0 Å². The summed E-state index contributed by atoms with van der Waals surface area (Å²) in [6.07, 6.45) is 0. The standard InChI is InChI=1S/C18H16N2O4S/c1-3-24-18(23)13-11(10-7-5-4-6-8-10)12-14(19)15(9(2)21)25-17(12)20-16(13)22/h4-8,13H,3,19H2,1-2H3. The van der Waals surface area contributed by atoms with Crippen LogP contribution in [0.15, 0.2) is 35.3 Å². The maximum atomic E-state index is 12.5. The van der Waals surface area contributed by atoms with E-state index in [-0.39, 0.29) is 18.1 Å². The number of hydrogen-bond donors (Lipinski definition) is 1. The molecule has 6 nitrogen and oxygen atoms in total. The minimum atomic E-state index is -1.19. The quantitative estimate of drug-likeness (QED) is 0.502. The van der Waals surface area contributed by atoms with E-state index in [1.54, 1.807) is 31.2 Å². The lowest BCUT2D eigenvalue weighted by Gasteiger charge is -2.19. The van der Waals surface area contributed by atoms with Crippen LogP contribution < -0.4 is 15.6 Å². The van der Waals surface area contributed by atoms with E-state index in [0.717, 1.165) is 11.3 Å². The number of amides is 1. The second-order valence-corrected chi connectivity index (χ2v) is 6.50. The number of hydrogen-bond acceptors (Lipinski definition) is 6. The molecule has 0 aliphatic carbocycles. The summed E-state index contributed by atoms with van der Waals surface area (Å²) in [6, 6.07) is 9.00. The van der Waals surface area contributed by atoms with Crippen molar-refractivity contribution in [2.24, 2.45) is 10.9 Å². The van der Waals surface area contributed by atoms with E-state index in [1.807, 2.05) is 6.07 Å². The zero-order valence-electron chi connectivity index (χ0n) is 13.7. The molecule has 1 aliphatic heterocycles. The van der Waals surface area contributed by atoms with Gasteiger partial charge in [-0.2, -0.15) is 0 Å². The zero-order chi connectivity index (χ0) is 18.1. The fourth-order valence-electron chi connectivity index (χ4n) is 2.84. The minimum absolute atomic E-state index is 0.148. The Labute approximate surface area is 147 Å². The van der Waals surface area contributed by atoms with Crippen LogP contribution in [-0.4, -0.2) is 24.3 Å². The van der Waals surface area contributed by atoms with Gasteiger partial charge >= 0.3 is 5.97 Å². The van der Waals surface area contributed by atoms with E-state index in [1.165, 1.54) is 6.92 Å². The van der Waals surface area contributed by atoms with E-state index >= 15 is 0 Å². The molecule has 3 rings (SSSR count). The molecule has 2 N–H and O–H groups in total. The Balaban J connectivity index is 2.41. The van der Waals surface area contributed by atoms with Gasteiger partial charge in [0, 0.05) is 12.1 Å². The molecule has 1 aliphatic rings. The van der Waals surface area contributed by atoms with Crippen molar-refractivity contribution in [3.05, 3.63) is 50.7 Å². The number of benzene rings is 1. The van der Waals surface area contributed by atoms with Crippen molar-refractivity contribution in [3.8, 4) is 0 Å². The molecule has 25 heavy (non-hydrogen) atoms. The number of ketones is 1. The number of nitrogens with zero attached hydrogens (tertiary/aromatic N) is 1.